The molecule has 0 aliphatic carbocycles. The van der Waals surface area contributed by atoms with Crippen LogP contribution in [0, 0.1) is 11.3 Å². The molecular formula is C21H16F3N5O2S. The molecule has 1 aromatic carbocycles. The van der Waals surface area contributed by atoms with Gasteiger partial charge in [0.15, 0.2) is 10.8 Å². The maximum atomic E-state index is 13.4. The van der Waals surface area contributed by atoms with E-state index in [1.54, 1.807) is 24.0 Å². The van der Waals surface area contributed by atoms with Gasteiger partial charge in [-0.05, 0) is 41.5 Å². The van der Waals surface area contributed by atoms with E-state index in [2.05, 4.69) is 10.3 Å². The lowest BCUT2D eigenvalue weighted by atomic mass is 9.94. The SMILES string of the molecule is CCC(=O)Nc1ccc2c(c1)CN1C(=S)N(c3cnc(C#N)c(C(F)(F)F)c3)C(=O)C1C2. The molecule has 2 aromatic rings. The number of nitrogens with one attached hydrogen (secondary N) is 1. The number of nitrogens with zero attached hydrogens (tertiary/aromatic N) is 4. The molecular weight excluding hydrogens is 443 g/mol. The predicted molar refractivity (Wildman–Crippen MR) is 112 cm³/mol. The molecule has 0 bridgehead atoms. The zero-order chi connectivity index (χ0) is 23.2. The molecule has 0 spiro atoms. The van der Waals surface area contributed by atoms with Crippen molar-refractivity contribution in [1.29, 1.82) is 5.26 Å². The Balaban J connectivity index is 1.66. The minimum Gasteiger partial charge on any atom is -0.332 e. The van der Waals surface area contributed by atoms with Crippen LogP contribution in [0.1, 0.15) is 35.7 Å². The predicted octanol–water partition coefficient (Wildman–Crippen LogP) is 3.38. The second-order valence-corrected chi connectivity index (χ2v) is 7.75. The third-order valence-corrected chi connectivity index (χ3v) is 5.84. The number of hydrogen-bond donors (Lipinski definition) is 1. The third kappa shape index (κ3) is 3.67. The Morgan fingerprint density at radius 2 is 2.09 bits per heavy atom. The molecule has 164 valence electrons. The summed E-state index contributed by atoms with van der Waals surface area (Å²) in [6, 6.07) is 6.86. The number of pyridine rings is 1. The minimum atomic E-state index is -4.80. The molecule has 1 N–H and O–H groups in total. The van der Waals surface area contributed by atoms with E-state index < -0.39 is 29.4 Å². The first-order valence-electron chi connectivity index (χ1n) is 9.67. The van der Waals surface area contributed by atoms with Crippen LogP contribution in [0.3, 0.4) is 0 Å². The van der Waals surface area contributed by atoms with E-state index in [0.717, 1.165) is 28.3 Å². The van der Waals surface area contributed by atoms with Crippen molar-refractivity contribution in [2.75, 3.05) is 10.2 Å². The Morgan fingerprint density at radius 3 is 2.75 bits per heavy atom. The number of fused-ring (bicyclic) bond motifs is 2. The quantitative estimate of drug-likeness (QED) is 0.708. The number of halogens is 3. The summed E-state index contributed by atoms with van der Waals surface area (Å²) in [6.07, 6.45) is -3.11. The first-order valence-corrected chi connectivity index (χ1v) is 10.1. The molecule has 1 fully saturated rings. The van der Waals surface area contributed by atoms with Gasteiger partial charge in [0, 0.05) is 25.1 Å². The number of amides is 2. The number of rotatable bonds is 3. The fraction of sp³-hybridized carbons (Fsp3) is 0.286. The highest BCUT2D eigenvalue weighted by molar-refractivity contribution is 7.80. The molecule has 1 aromatic heterocycles. The van der Waals surface area contributed by atoms with Gasteiger partial charge in [0.1, 0.15) is 12.1 Å². The van der Waals surface area contributed by atoms with Crippen LogP contribution in [0.15, 0.2) is 30.5 Å². The molecule has 0 saturated carbocycles. The summed E-state index contributed by atoms with van der Waals surface area (Å²) in [5.41, 5.74) is 0.242. The van der Waals surface area contributed by atoms with Crippen molar-refractivity contribution in [2.45, 2.75) is 38.5 Å². The highest BCUT2D eigenvalue weighted by Gasteiger charge is 2.46. The van der Waals surface area contributed by atoms with Crippen LogP contribution in [0.4, 0.5) is 24.5 Å². The lowest BCUT2D eigenvalue weighted by molar-refractivity contribution is -0.138. The number of carbonyl (C=O) groups is 2. The van der Waals surface area contributed by atoms with Gasteiger partial charge in [-0.15, -0.1) is 0 Å². The van der Waals surface area contributed by atoms with Gasteiger partial charge < -0.3 is 10.2 Å². The standard InChI is InChI=1S/C21H16F3N5O2S/c1-2-18(30)27-13-4-3-11-6-17-19(31)29(20(32)28(17)10-12(11)5-13)14-7-15(21(22,23)24)16(8-25)26-9-14/h3-5,7,9,17H,2,6,10H2,1H3,(H,27,30). The van der Waals surface area contributed by atoms with Crippen molar-refractivity contribution >= 4 is 40.5 Å². The number of thiocarbonyl (C=S) groups is 1. The molecule has 1 unspecified atom stereocenters. The summed E-state index contributed by atoms with van der Waals surface area (Å²) in [4.78, 5) is 31.0. The van der Waals surface area contributed by atoms with Crippen molar-refractivity contribution in [1.82, 2.24) is 9.88 Å². The average molecular weight is 459 g/mol. The van der Waals surface area contributed by atoms with Crippen LogP contribution in [0.2, 0.25) is 0 Å². The lowest BCUT2D eigenvalue weighted by Crippen LogP contribution is -2.40. The van der Waals surface area contributed by atoms with Crippen LogP contribution in [0.5, 0.6) is 0 Å². The van der Waals surface area contributed by atoms with Gasteiger partial charge in [-0.2, -0.15) is 18.4 Å². The first kappa shape index (κ1) is 21.7. The van der Waals surface area contributed by atoms with E-state index in [1.807, 2.05) is 6.07 Å². The van der Waals surface area contributed by atoms with Crippen LogP contribution in [-0.2, 0) is 28.7 Å². The van der Waals surface area contributed by atoms with Crippen molar-refractivity contribution in [3.8, 4) is 6.07 Å². The smallest absolute Gasteiger partial charge is 0.332 e. The maximum absolute atomic E-state index is 13.4. The Labute approximate surface area is 186 Å². The zero-order valence-electron chi connectivity index (χ0n) is 16.7. The monoisotopic (exact) mass is 459 g/mol. The summed E-state index contributed by atoms with van der Waals surface area (Å²) in [5, 5.41) is 11.8. The molecule has 2 aliphatic rings. The zero-order valence-corrected chi connectivity index (χ0v) is 17.5. The molecule has 4 rings (SSSR count). The van der Waals surface area contributed by atoms with E-state index >= 15 is 0 Å². The van der Waals surface area contributed by atoms with Crippen molar-refractivity contribution in [3.05, 3.63) is 52.8 Å². The van der Waals surface area contributed by atoms with Crippen molar-refractivity contribution in [3.63, 3.8) is 0 Å². The first-order chi connectivity index (χ1) is 15.1. The summed E-state index contributed by atoms with van der Waals surface area (Å²) < 4.78 is 40.1. The van der Waals surface area contributed by atoms with Gasteiger partial charge in [0.05, 0.1) is 17.4 Å². The molecule has 0 radical (unpaired) electrons. The van der Waals surface area contributed by atoms with E-state index in [0.29, 0.717) is 18.5 Å². The number of nitriles is 1. The fourth-order valence-corrected chi connectivity index (χ4v) is 4.21. The number of anilines is 2. The van der Waals surface area contributed by atoms with E-state index in [-0.39, 0.29) is 23.3 Å². The average Bonchev–Trinajstić information content (AvgIpc) is 3.00. The summed E-state index contributed by atoms with van der Waals surface area (Å²) in [5.74, 6) is -0.589. The minimum absolute atomic E-state index is 0.0632. The van der Waals surface area contributed by atoms with Gasteiger partial charge in [-0.25, -0.2) is 4.98 Å². The fourth-order valence-electron chi connectivity index (χ4n) is 3.82. The Kier molecular flexibility index (Phi) is 5.34. The van der Waals surface area contributed by atoms with Gasteiger partial charge >= 0.3 is 6.18 Å². The Hall–Kier alpha value is -3.52. The van der Waals surface area contributed by atoms with E-state index in [9.17, 15) is 22.8 Å². The summed E-state index contributed by atoms with van der Waals surface area (Å²) in [6.45, 7) is 2.01. The van der Waals surface area contributed by atoms with Crippen LogP contribution < -0.4 is 10.2 Å². The second-order valence-electron chi connectivity index (χ2n) is 7.39. The van der Waals surface area contributed by atoms with Crippen LogP contribution in [-0.4, -0.2) is 32.9 Å². The molecule has 2 aliphatic heterocycles. The Morgan fingerprint density at radius 1 is 1.34 bits per heavy atom. The Bertz CT molecular complexity index is 1190. The maximum Gasteiger partial charge on any atom is 0.419 e. The molecule has 1 saturated heterocycles. The lowest BCUT2D eigenvalue weighted by Gasteiger charge is -2.30. The van der Waals surface area contributed by atoms with Gasteiger partial charge in [-0.1, -0.05) is 13.0 Å². The highest BCUT2D eigenvalue weighted by Crippen LogP contribution is 2.37. The summed E-state index contributed by atoms with van der Waals surface area (Å²) >= 11 is 5.43. The topological polar surface area (TPSA) is 89.3 Å². The van der Waals surface area contributed by atoms with E-state index in [1.165, 1.54) is 6.07 Å². The number of alkyl halides is 3. The third-order valence-electron chi connectivity index (χ3n) is 5.43. The van der Waals surface area contributed by atoms with Crippen LogP contribution >= 0.6 is 12.2 Å². The molecule has 32 heavy (non-hydrogen) atoms. The number of hydrogen-bond acceptors (Lipinski definition) is 5. The van der Waals surface area contributed by atoms with Crippen molar-refractivity contribution in [2.24, 2.45) is 0 Å². The number of aromatic nitrogens is 1. The van der Waals surface area contributed by atoms with Gasteiger partial charge in [0.25, 0.3) is 5.91 Å². The highest BCUT2D eigenvalue weighted by atomic mass is 32.1. The molecule has 11 heteroatoms. The molecule has 1 atom stereocenters. The normalized spacial score (nSPS) is 17.7. The largest absolute Gasteiger partial charge is 0.419 e. The molecule has 3 heterocycles. The van der Waals surface area contributed by atoms with E-state index in [4.69, 9.17) is 17.5 Å². The van der Waals surface area contributed by atoms with Gasteiger partial charge in [-0.3, -0.25) is 14.5 Å². The van der Waals surface area contributed by atoms with Gasteiger partial charge in [0.2, 0.25) is 5.91 Å². The van der Waals surface area contributed by atoms with Crippen LogP contribution in [0.25, 0.3) is 0 Å². The summed E-state index contributed by atoms with van der Waals surface area (Å²) in [7, 11) is 0. The second kappa shape index (κ2) is 7.87. The molecule has 7 nitrogen and oxygen atoms in total. The van der Waals surface area contributed by atoms with Crippen molar-refractivity contribution < 1.29 is 22.8 Å². The number of benzene rings is 1. The number of carbonyl (C=O) groups excluding carboxylic acids is 2. The molecule has 2 amide bonds.